The van der Waals surface area contributed by atoms with Gasteiger partial charge in [-0.15, -0.1) is 0 Å². The van der Waals surface area contributed by atoms with Gasteiger partial charge in [0.2, 0.25) is 0 Å². The third-order valence-corrected chi connectivity index (χ3v) is 2.40. The fourth-order valence-electron chi connectivity index (χ4n) is 1.49. The van der Waals surface area contributed by atoms with Crippen LogP contribution in [0.25, 0.3) is 0 Å². The zero-order chi connectivity index (χ0) is 13.5. The number of halogens is 1. The quantitative estimate of drug-likeness (QED) is 0.791. The van der Waals surface area contributed by atoms with Crippen LogP contribution in [-0.2, 0) is 16.1 Å². The fraction of sp³-hybridized carbons (Fsp3) is 0.462. The van der Waals surface area contributed by atoms with Gasteiger partial charge in [0.1, 0.15) is 0 Å². The molecule has 100 valence electrons. The minimum atomic E-state index is -0.868. The molecular formula is C13H17FO4. The summed E-state index contributed by atoms with van der Waals surface area (Å²) in [5.74, 6) is -1.24. The first-order chi connectivity index (χ1) is 8.63. The van der Waals surface area contributed by atoms with Crippen molar-refractivity contribution in [1.82, 2.24) is 0 Å². The number of hydrogen-bond acceptors (Lipinski definition) is 4. The summed E-state index contributed by atoms with van der Waals surface area (Å²) in [6.45, 7) is 3.31. The lowest BCUT2D eigenvalue weighted by Gasteiger charge is -2.18. The van der Waals surface area contributed by atoms with Gasteiger partial charge in [0, 0.05) is 5.56 Å². The first-order valence-electron chi connectivity index (χ1n) is 5.85. The summed E-state index contributed by atoms with van der Waals surface area (Å²) in [7, 11) is 0. The second kappa shape index (κ2) is 6.96. The first kappa shape index (κ1) is 14.4. The van der Waals surface area contributed by atoms with Crippen molar-refractivity contribution < 1.29 is 23.8 Å². The topological polar surface area (TPSA) is 55.8 Å². The maximum absolute atomic E-state index is 13.6. The molecule has 0 amide bonds. The molecule has 1 aromatic carbocycles. The fourth-order valence-corrected chi connectivity index (χ4v) is 1.49. The Bertz CT molecular complexity index is 406. The van der Waals surface area contributed by atoms with Crippen LogP contribution >= 0.6 is 0 Å². The number of carbonyl (C=O) groups is 1. The van der Waals surface area contributed by atoms with Crippen LogP contribution in [0.1, 0.15) is 25.8 Å². The van der Waals surface area contributed by atoms with Crippen molar-refractivity contribution in [2.75, 3.05) is 6.61 Å². The Balaban J connectivity index is 2.91. The molecule has 18 heavy (non-hydrogen) atoms. The summed E-state index contributed by atoms with van der Waals surface area (Å²) in [6.07, 6.45) is -0.509. The monoisotopic (exact) mass is 256 g/mol. The third-order valence-electron chi connectivity index (χ3n) is 2.40. The van der Waals surface area contributed by atoms with E-state index in [-0.39, 0.29) is 19.0 Å². The van der Waals surface area contributed by atoms with Crippen molar-refractivity contribution >= 4 is 5.97 Å². The Hall–Kier alpha value is -1.62. The molecule has 0 aromatic heterocycles. The molecule has 0 fully saturated rings. The molecule has 0 spiro atoms. The van der Waals surface area contributed by atoms with Crippen LogP contribution in [0.4, 0.5) is 4.39 Å². The molecule has 1 N–H and O–H groups in total. The van der Waals surface area contributed by atoms with Gasteiger partial charge in [-0.05, 0) is 19.4 Å². The van der Waals surface area contributed by atoms with Crippen molar-refractivity contribution in [1.29, 1.82) is 0 Å². The van der Waals surface area contributed by atoms with E-state index in [9.17, 15) is 9.18 Å². The number of carbonyl (C=O) groups excluding carboxylic acids is 1. The third kappa shape index (κ3) is 3.43. The maximum Gasteiger partial charge on any atom is 0.347 e. The van der Waals surface area contributed by atoms with Crippen molar-refractivity contribution in [3.8, 4) is 5.75 Å². The highest BCUT2D eigenvalue weighted by Gasteiger charge is 2.22. The van der Waals surface area contributed by atoms with Gasteiger partial charge < -0.3 is 14.6 Å². The van der Waals surface area contributed by atoms with Gasteiger partial charge in [-0.25, -0.2) is 9.18 Å². The van der Waals surface area contributed by atoms with Crippen LogP contribution in [0.2, 0.25) is 0 Å². The first-order valence-corrected chi connectivity index (χ1v) is 5.85. The lowest BCUT2D eigenvalue weighted by atomic mass is 10.2. The number of hydrogen-bond donors (Lipinski definition) is 1. The van der Waals surface area contributed by atoms with E-state index in [0.717, 1.165) is 0 Å². The molecule has 0 aliphatic carbocycles. The van der Waals surface area contributed by atoms with Crippen LogP contribution in [0.5, 0.6) is 5.75 Å². The van der Waals surface area contributed by atoms with E-state index in [0.29, 0.717) is 12.0 Å². The molecule has 0 saturated carbocycles. The van der Waals surface area contributed by atoms with Gasteiger partial charge in [-0.2, -0.15) is 0 Å². The smallest absolute Gasteiger partial charge is 0.347 e. The molecule has 1 atom stereocenters. The van der Waals surface area contributed by atoms with Gasteiger partial charge in [-0.3, -0.25) is 0 Å². The summed E-state index contributed by atoms with van der Waals surface area (Å²) in [6, 6.07) is 4.22. The van der Waals surface area contributed by atoms with Gasteiger partial charge in [0.15, 0.2) is 17.7 Å². The molecular weight excluding hydrogens is 239 g/mol. The van der Waals surface area contributed by atoms with Crippen LogP contribution in [0, 0.1) is 5.82 Å². The number of para-hydroxylation sites is 1. The van der Waals surface area contributed by atoms with Crippen molar-refractivity contribution in [3.05, 3.63) is 29.6 Å². The lowest BCUT2D eigenvalue weighted by molar-refractivity contribution is -0.151. The second-order valence-electron chi connectivity index (χ2n) is 3.65. The molecule has 5 heteroatoms. The Morgan fingerprint density at radius 2 is 2.17 bits per heavy atom. The Morgan fingerprint density at radius 3 is 2.72 bits per heavy atom. The van der Waals surface area contributed by atoms with Gasteiger partial charge in [-0.1, -0.05) is 19.1 Å². The van der Waals surface area contributed by atoms with Crippen LogP contribution in [0.3, 0.4) is 0 Å². The number of aliphatic hydroxyl groups excluding tert-OH is 1. The molecule has 1 rings (SSSR count). The van der Waals surface area contributed by atoms with Gasteiger partial charge in [0.05, 0.1) is 13.2 Å². The molecule has 0 aliphatic rings. The summed E-state index contributed by atoms with van der Waals surface area (Å²) >= 11 is 0. The van der Waals surface area contributed by atoms with E-state index in [4.69, 9.17) is 14.6 Å². The normalized spacial score (nSPS) is 12.0. The average molecular weight is 256 g/mol. The predicted molar refractivity (Wildman–Crippen MR) is 63.7 cm³/mol. The summed E-state index contributed by atoms with van der Waals surface area (Å²) in [5, 5.41) is 9.11. The zero-order valence-corrected chi connectivity index (χ0v) is 10.5. The lowest BCUT2D eigenvalue weighted by Crippen LogP contribution is -2.29. The number of ether oxygens (including phenoxy) is 2. The maximum atomic E-state index is 13.6. The molecule has 0 aliphatic heterocycles. The molecule has 0 radical (unpaired) electrons. The standard InChI is InChI=1S/C13H17FO4/c1-3-11(13(16)17-4-2)18-12-9(8-15)6-5-7-10(12)14/h5-7,11,15H,3-4,8H2,1-2H3. The molecule has 0 heterocycles. The summed E-state index contributed by atoms with van der Waals surface area (Å²) < 4.78 is 23.7. The minimum absolute atomic E-state index is 0.0973. The average Bonchev–Trinajstić information content (AvgIpc) is 2.37. The SMILES string of the molecule is CCOC(=O)C(CC)Oc1c(F)cccc1CO. The molecule has 4 nitrogen and oxygen atoms in total. The number of rotatable bonds is 6. The number of benzene rings is 1. The number of esters is 1. The number of aliphatic hydroxyl groups is 1. The Kier molecular flexibility index (Phi) is 5.58. The Labute approximate surface area is 105 Å². The van der Waals surface area contributed by atoms with Crippen LogP contribution in [0.15, 0.2) is 18.2 Å². The summed E-state index contributed by atoms with van der Waals surface area (Å²) in [5.41, 5.74) is 0.303. The molecule has 0 bridgehead atoms. The van der Waals surface area contributed by atoms with Crippen LogP contribution < -0.4 is 4.74 Å². The van der Waals surface area contributed by atoms with E-state index in [2.05, 4.69) is 0 Å². The van der Waals surface area contributed by atoms with E-state index < -0.39 is 17.9 Å². The highest BCUT2D eigenvalue weighted by molar-refractivity contribution is 5.75. The largest absolute Gasteiger partial charge is 0.475 e. The van der Waals surface area contributed by atoms with Crippen molar-refractivity contribution in [2.45, 2.75) is 33.0 Å². The zero-order valence-electron chi connectivity index (χ0n) is 10.5. The van der Waals surface area contributed by atoms with Crippen molar-refractivity contribution in [3.63, 3.8) is 0 Å². The summed E-state index contributed by atoms with van der Waals surface area (Å²) in [4.78, 5) is 11.6. The Morgan fingerprint density at radius 1 is 1.44 bits per heavy atom. The van der Waals surface area contributed by atoms with Gasteiger partial charge in [0.25, 0.3) is 0 Å². The van der Waals surface area contributed by atoms with E-state index in [1.807, 2.05) is 0 Å². The predicted octanol–water partition coefficient (Wildman–Crippen LogP) is 2.04. The highest BCUT2D eigenvalue weighted by atomic mass is 19.1. The van der Waals surface area contributed by atoms with E-state index >= 15 is 0 Å². The molecule has 0 saturated heterocycles. The minimum Gasteiger partial charge on any atom is -0.475 e. The van der Waals surface area contributed by atoms with E-state index in [1.54, 1.807) is 13.8 Å². The highest BCUT2D eigenvalue weighted by Crippen LogP contribution is 2.24. The second-order valence-corrected chi connectivity index (χ2v) is 3.65. The van der Waals surface area contributed by atoms with Crippen LogP contribution in [-0.4, -0.2) is 23.8 Å². The van der Waals surface area contributed by atoms with Gasteiger partial charge >= 0.3 is 5.97 Å². The van der Waals surface area contributed by atoms with Crippen molar-refractivity contribution in [2.24, 2.45) is 0 Å². The molecule has 1 aromatic rings. The van der Waals surface area contributed by atoms with E-state index in [1.165, 1.54) is 18.2 Å². The molecule has 1 unspecified atom stereocenters.